The molecule has 5 nitrogen and oxygen atoms in total. The highest BCUT2D eigenvalue weighted by Crippen LogP contribution is 2.40. The lowest BCUT2D eigenvalue weighted by Crippen LogP contribution is -2.01. The molecule has 0 amide bonds. The molecule has 0 saturated heterocycles. The number of ether oxygens (including phenoxy) is 1. The Kier molecular flexibility index (Phi) is 5.77. The average Bonchev–Trinajstić information content (AvgIpc) is 3.23. The molecule has 0 aliphatic rings. The minimum absolute atomic E-state index is 0.132. The van der Waals surface area contributed by atoms with Crippen LogP contribution in [0, 0.1) is 0 Å². The predicted octanol–water partition coefficient (Wildman–Crippen LogP) is 6.11. The first kappa shape index (κ1) is 20.5. The number of aryl methyl sites for hydroxylation is 1. The van der Waals surface area contributed by atoms with Gasteiger partial charge in [-0.2, -0.15) is 0 Å². The minimum Gasteiger partial charge on any atom is -0.505 e. The van der Waals surface area contributed by atoms with Crippen LogP contribution in [0.1, 0.15) is 17.5 Å². The topological polar surface area (TPSA) is 60.2 Å². The van der Waals surface area contributed by atoms with Crippen molar-refractivity contribution in [2.75, 3.05) is 6.61 Å². The fraction of sp³-hybridized carbons (Fsp3) is 0.154. The lowest BCUT2D eigenvalue weighted by atomic mass is 10.1. The van der Waals surface area contributed by atoms with Crippen molar-refractivity contribution in [1.82, 2.24) is 14.5 Å². The first-order chi connectivity index (χ1) is 15.7. The van der Waals surface area contributed by atoms with Gasteiger partial charge < -0.3 is 14.4 Å². The van der Waals surface area contributed by atoms with Crippen LogP contribution in [-0.4, -0.2) is 26.2 Å². The Morgan fingerprint density at radius 3 is 2.44 bits per heavy atom. The number of nitrogens with zero attached hydrogens (tertiary/aromatic N) is 3. The van der Waals surface area contributed by atoms with Crippen molar-refractivity contribution in [3.05, 3.63) is 95.0 Å². The highest BCUT2D eigenvalue weighted by molar-refractivity contribution is 9.10. The predicted molar refractivity (Wildman–Crippen MR) is 130 cm³/mol. The molecule has 0 spiro atoms. The number of rotatable bonds is 7. The first-order valence-corrected chi connectivity index (χ1v) is 11.3. The van der Waals surface area contributed by atoms with Gasteiger partial charge in [0.1, 0.15) is 11.0 Å². The second kappa shape index (κ2) is 9.01. The summed E-state index contributed by atoms with van der Waals surface area (Å²) >= 11 is 3.53. The van der Waals surface area contributed by atoms with Gasteiger partial charge in [-0.3, -0.25) is 0 Å². The monoisotopic (exact) mass is 487 g/mol. The van der Waals surface area contributed by atoms with E-state index in [0.717, 1.165) is 28.3 Å². The van der Waals surface area contributed by atoms with Crippen LogP contribution in [0.3, 0.4) is 0 Å². The van der Waals surface area contributed by atoms with Gasteiger partial charge in [0.2, 0.25) is 0 Å². The van der Waals surface area contributed by atoms with Crippen LogP contribution in [0.4, 0.5) is 0 Å². The number of aromatic hydroxyl groups is 1. The quantitative estimate of drug-likeness (QED) is 0.281. The number of halogens is 1. The summed E-state index contributed by atoms with van der Waals surface area (Å²) in [6.07, 6.45) is 8.99. The van der Waals surface area contributed by atoms with E-state index in [0.29, 0.717) is 35.3 Å². The fourth-order valence-electron chi connectivity index (χ4n) is 3.99. The second-order valence-electron chi connectivity index (χ2n) is 7.76. The van der Waals surface area contributed by atoms with Gasteiger partial charge in [0.05, 0.1) is 6.61 Å². The Labute approximate surface area is 194 Å². The lowest BCUT2D eigenvalue weighted by molar-refractivity contribution is 0.317. The number of phenolic OH excluding ortho intramolecular Hbond substituents is 1. The molecule has 0 radical (unpaired) electrons. The van der Waals surface area contributed by atoms with Crippen molar-refractivity contribution in [2.24, 2.45) is 0 Å². The van der Waals surface area contributed by atoms with Gasteiger partial charge in [0.15, 0.2) is 11.5 Å². The summed E-state index contributed by atoms with van der Waals surface area (Å²) < 4.78 is 9.35. The third-order valence-electron chi connectivity index (χ3n) is 5.47. The van der Waals surface area contributed by atoms with E-state index in [4.69, 9.17) is 4.74 Å². The maximum Gasteiger partial charge on any atom is 0.156 e. The van der Waals surface area contributed by atoms with Crippen LogP contribution >= 0.6 is 15.9 Å². The van der Waals surface area contributed by atoms with Crippen LogP contribution in [0.25, 0.3) is 21.8 Å². The van der Waals surface area contributed by atoms with Crippen molar-refractivity contribution >= 4 is 37.7 Å². The average molecular weight is 488 g/mol. The summed E-state index contributed by atoms with van der Waals surface area (Å²) in [7, 11) is 0. The van der Waals surface area contributed by atoms with Gasteiger partial charge in [-0.05, 0) is 36.1 Å². The minimum atomic E-state index is 0.132. The molecule has 2 aromatic heterocycles. The van der Waals surface area contributed by atoms with Crippen LogP contribution in [0.5, 0.6) is 11.5 Å². The number of hydrogen-bond acceptors (Lipinski definition) is 4. The molecule has 0 unspecified atom stereocenters. The maximum absolute atomic E-state index is 10.9. The molecule has 0 fully saturated rings. The highest BCUT2D eigenvalue weighted by atomic mass is 79.9. The molecule has 2 heterocycles. The van der Waals surface area contributed by atoms with Crippen LogP contribution < -0.4 is 4.74 Å². The molecule has 0 aliphatic carbocycles. The zero-order valence-corrected chi connectivity index (χ0v) is 19.0. The van der Waals surface area contributed by atoms with Gasteiger partial charge in [-0.25, -0.2) is 9.97 Å². The summed E-state index contributed by atoms with van der Waals surface area (Å²) in [5.74, 6) is 0.801. The molecule has 0 aliphatic heterocycles. The largest absolute Gasteiger partial charge is 0.505 e. The van der Waals surface area contributed by atoms with E-state index >= 15 is 0 Å². The van der Waals surface area contributed by atoms with Gasteiger partial charge in [0.25, 0.3) is 0 Å². The van der Waals surface area contributed by atoms with Gasteiger partial charge >= 0.3 is 0 Å². The standard InChI is InChI=1S/C26H22BrN3O2/c27-20-10-4-8-19(14-20)15-30-16-21-22(17-30)26(24-23(25(21)31)28-11-12-29-24)32-13-5-9-18-6-2-1-3-7-18/h1-4,6-8,10-12,14,16-17,31H,5,9,13,15H2. The van der Waals surface area contributed by atoms with E-state index in [1.165, 1.54) is 5.56 Å². The van der Waals surface area contributed by atoms with E-state index in [9.17, 15) is 5.11 Å². The Hall–Kier alpha value is -3.38. The third-order valence-corrected chi connectivity index (χ3v) is 5.96. The molecule has 32 heavy (non-hydrogen) atoms. The SMILES string of the molecule is Oc1c2cn(Cc3cccc(Br)c3)cc2c(OCCCc2ccccc2)c2nccnc12. The zero-order valence-electron chi connectivity index (χ0n) is 17.4. The van der Waals surface area contributed by atoms with E-state index in [1.807, 2.05) is 30.6 Å². The van der Waals surface area contributed by atoms with Crippen LogP contribution in [-0.2, 0) is 13.0 Å². The van der Waals surface area contributed by atoms with Crippen molar-refractivity contribution in [1.29, 1.82) is 0 Å². The molecule has 1 N–H and O–H groups in total. The summed E-state index contributed by atoms with van der Waals surface area (Å²) in [5, 5.41) is 12.5. The maximum atomic E-state index is 10.9. The molecule has 160 valence electrons. The van der Waals surface area contributed by atoms with Gasteiger partial charge in [0, 0.05) is 46.6 Å². The molecule has 6 heteroatoms. The Morgan fingerprint density at radius 1 is 0.875 bits per heavy atom. The van der Waals surface area contributed by atoms with E-state index < -0.39 is 0 Å². The second-order valence-corrected chi connectivity index (χ2v) is 8.67. The zero-order chi connectivity index (χ0) is 21.9. The normalized spacial score (nSPS) is 11.3. The van der Waals surface area contributed by atoms with Gasteiger partial charge in [-0.15, -0.1) is 0 Å². The molecule has 5 aromatic rings. The smallest absolute Gasteiger partial charge is 0.156 e. The van der Waals surface area contributed by atoms with Crippen molar-refractivity contribution in [3.8, 4) is 11.5 Å². The Bertz CT molecular complexity index is 1380. The molecular weight excluding hydrogens is 466 g/mol. The molecular formula is C26H22BrN3O2. The van der Waals surface area contributed by atoms with E-state index in [1.54, 1.807) is 12.4 Å². The summed E-state index contributed by atoms with van der Waals surface area (Å²) in [5.41, 5.74) is 3.48. The number of fused-ring (bicyclic) bond motifs is 2. The fourth-order valence-corrected chi connectivity index (χ4v) is 4.44. The summed E-state index contributed by atoms with van der Waals surface area (Å²) in [4.78, 5) is 8.84. The number of phenols is 1. The molecule has 0 saturated carbocycles. The number of aromatic nitrogens is 3. The van der Waals surface area contributed by atoms with E-state index in [2.05, 4.69) is 66.9 Å². The van der Waals surface area contributed by atoms with Gasteiger partial charge in [-0.1, -0.05) is 58.4 Å². The van der Waals surface area contributed by atoms with Crippen molar-refractivity contribution in [3.63, 3.8) is 0 Å². The third kappa shape index (κ3) is 4.18. The Balaban J connectivity index is 1.47. The molecule has 3 aromatic carbocycles. The molecule has 5 rings (SSSR count). The molecule has 0 atom stereocenters. The van der Waals surface area contributed by atoms with Crippen molar-refractivity contribution < 1.29 is 9.84 Å². The van der Waals surface area contributed by atoms with Crippen LogP contribution in [0.15, 0.2) is 83.9 Å². The number of benzene rings is 3. The van der Waals surface area contributed by atoms with Crippen molar-refractivity contribution in [2.45, 2.75) is 19.4 Å². The summed E-state index contributed by atoms with van der Waals surface area (Å²) in [6.45, 7) is 1.23. The Morgan fingerprint density at radius 2 is 1.62 bits per heavy atom. The van der Waals surface area contributed by atoms with E-state index in [-0.39, 0.29) is 5.75 Å². The highest BCUT2D eigenvalue weighted by Gasteiger charge is 2.18. The summed E-state index contributed by atoms with van der Waals surface area (Å²) in [6, 6.07) is 18.6. The molecule has 0 bridgehead atoms. The van der Waals surface area contributed by atoms with Crippen LogP contribution in [0.2, 0.25) is 0 Å². The first-order valence-electron chi connectivity index (χ1n) is 10.6. The lowest BCUT2D eigenvalue weighted by Gasteiger charge is -2.11. The number of hydrogen-bond donors (Lipinski definition) is 1.